The minimum Gasteiger partial charge on any atom is -0.399 e. The summed E-state index contributed by atoms with van der Waals surface area (Å²) in [5.41, 5.74) is 1.82. The van der Waals surface area contributed by atoms with Crippen LogP contribution < -0.4 is 11.0 Å². The molecule has 0 bridgehead atoms. The third-order valence-corrected chi connectivity index (χ3v) is 4.49. The van der Waals surface area contributed by atoms with E-state index in [0.717, 1.165) is 16.7 Å². The molecule has 114 valence electrons. The summed E-state index contributed by atoms with van der Waals surface area (Å²) >= 11 is 0. The van der Waals surface area contributed by atoms with Gasteiger partial charge in [-0.3, -0.25) is 4.79 Å². The van der Waals surface area contributed by atoms with Gasteiger partial charge in [-0.25, -0.2) is 0 Å². The highest BCUT2D eigenvalue weighted by atomic mass is 16.7. The summed E-state index contributed by atoms with van der Waals surface area (Å²) in [6.07, 6.45) is 0. The Bertz CT molecular complexity index is 735. The molecule has 3 rings (SSSR count). The predicted octanol–water partition coefficient (Wildman–Crippen LogP) is 2.34. The van der Waals surface area contributed by atoms with Gasteiger partial charge in [0.15, 0.2) is 0 Å². The summed E-state index contributed by atoms with van der Waals surface area (Å²) in [6, 6.07) is 13.0. The molecule has 0 aliphatic carbocycles. The molecule has 0 atom stereocenters. The Kier molecular flexibility index (Phi) is 3.50. The maximum atomic E-state index is 11.5. The second-order valence-corrected chi connectivity index (χ2v) is 6.64. The van der Waals surface area contributed by atoms with Crippen LogP contribution in [0.4, 0.5) is 0 Å². The van der Waals surface area contributed by atoms with Crippen LogP contribution in [0.25, 0.3) is 11.3 Å². The zero-order valence-corrected chi connectivity index (χ0v) is 13.3. The van der Waals surface area contributed by atoms with Crippen LogP contribution in [0, 0.1) is 0 Å². The molecule has 5 heteroatoms. The Balaban J connectivity index is 1.95. The zero-order valence-electron chi connectivity index (χ0n) is 13.3. The van der Waals surface area contributed by atoms with Crippen LogP contribution in [0.3, 0.4) is 0 Å². The summed E-state index contributed by atoms with van der Waals surface area (Å²) in [6.45, 7) is 8.13. The van der Waals surface area contributed by atoms with Crippen molar-refractivity contribution >= 4 is 12.6 Å². The number of H-pyrrole nitrogens is 1. The molecule has 0 spiro atoms. The van der Waals surface area contributed by atoms with Crippen LogP contribution >= 0.6 is 0 Å². The third-order valence-electron chi connectivity index (χ3n) is 4.49. The van der Waals surface area contributed by atoms with E-state index in [1.54, 1.807) is 6.07 Å². The molecule has 1 fully saturated rings. The van der Waals surface area contributed by atoms with Crippen molar-refractivity contribution in [3.63, 3.8) is 0 Å². The van der Waals surface area contributed by atoms with Crippen LogP contribution in [0.2, 0.25) is 0 Å². The number of hydrogen-bond donors (Lipinski definition) is 1. The second kappa shape index (κ2) is 5.11. The molecule has 1 aromatic carbocycles. The number of nitrogens with one attached hydrogen (secondary N) is 1. The molecule has 1 aliphatic rings. The highest BCUT2D eigenvalue weighted by molar-refractivity contribution is 6.62. The van der Waals surface area contributed by atoms with Gasteiger partial charge in [0.05, 0.1) is 11.2 Å². The molecule has 0 unspecified atom stereocenters. The Labute approximate surface area is 130 Å². The lowest BCUT2D eigenvalue weighted by Crippen LogP contribution is -2.41. The van der Waals surface area contributed by atoms with Crippen LogP contribution in [0.1, 0.15) is 27.7 Å². The average Bonchev–Trinajstić information content (AvgIpc) is 2.68. The Morgan fingerprint density at radius 2 is 1.59 bits per heavy atom. The lowest BCUT2D eigenvalue weighted by molar-refractivity contribution is 0.00578. The Hall–Kier alpha value is -1.85. The fraction of sp³-hybridized carbons (Fsp3) is 0.353. The maximum absolute atomic E-state index is 11.5. The lowest BCUT2D eigenvalue weighted by atomic mass is 9.78. The van der Waals surface area contributed by atoms with Gasteiger partial charge in [0, 0.05) is 11.8 Å². The van der Waals surface area contributed by atoms with Gasteiger partial charge in [0.2, 0.25) is 5.56 Å². The average molecular weight is 297 g/mol. The second-order valence-electron chi connectivity index (χ2n) is 6.64. The number of pyridine rings is 1. The first-order chi connectivity index (χ1) is 10.3. The predicted molar refractivity (Wildman–Crippen MR) is 88.2 cm³/mol. The van der Waals surface area contributed by atoms with Gasteiger partial charge in [-0.15, -0.1) is 0 Å². The molecule has 4 nitrogen and oxygen atoms in total. The van der Waals surface area contributed by atoms with Crippen molar-refractivity contribution in [2.75, 3.05) is 0 Å². The molecular formula is C17H20BNO3. The first-order valence-corrected chi connectivity index (χ1v) is 7.44. The van der Waals surface area contributed by atoms with E-state index in [1.165, 1.54) is 6.07 Å². The summed E-state index contributed by atoms with van der Waals surface area (Å²) < 4.78 is 12.1. The molecule has 1 aliphatic heterocycles. The van der Waals surface area contributed by atoms with Gasteiger partial charge in [-0.2, -0.15) is 0 Å². The van der Waals surface area contributed by atoms with Crippen LogP contribution in [-0.4, -0.2) is 23.3 Å². The van der Waals surface area contributed by atoms with Gasteiger partial charge in [0.1, 0.15) is 0 Å². The quantitative estimate of drug-likeness (QED) is 0.866. The summed E-state index contributed by atoms with van der Waals surface area (Å²) in [5.74, 6) is 0. The summed E-state index contributed by atoms with van der Waals surface area (Å²) in [4.78, 5) is 14.3. The maximum Gasteiger partial charge on any atom is 0.494 e. The molecule has 1 aromatic heterocycles. The van der Waals surface area contributed by atoms with E-state index in [-0.39, 0.29) is 16.8 Å². The molecule has 2 aromatic rings. The van der Waals surface area contributed by atoms with Gasteiger partial charge in [-0.05, 0) is 44.8 Å². The van der Waals surface area contributed by atoms with Crippen molar-refractivity contribution < 1.29 is 9.31 Å². The van der Waals surface area contributed by atoms with Gasteiger partial charge in [-0.1, -0.05) is 30.3 Å². The van der Waals surface area contributed by atoms with Gasteiger partial charge < -0.3 is 14.3 Å². The summed E-state index contributed by atoms with van der Waals surface area (Å²) in [5, 5.41) is 0. The third kappa shape index (κ3) is 2.62. The van der Waals surface area contributed by atoms with E-state index in [9.17, 15) is 4.79 Å². The van der Waals surface area contributed by atoms with E-state index in [0.29, 0.717) is 0 Å². The molecule has 0 saturated carbocycles. The van der Waals surface area contributed by atoms with Gasteiger partial charge in [0.25, 0.3) is 0 Å². The Morgan fingerprint density at radius 3 is 2.23 bits per heavy atom. The van der Waals surface area contributed by atoms with Crippen molar-refractivity contribution in [1.29, 1.82) is 0 Å². The van der Waals surface area contributed by atoms with Crippen molar-refractivity contribution in [3.05, 3.63) is 52.8 Å². The van der Waals surface area contributed by atoms with E-state index in [1.807, 2.05) is 58.0 Å². The van der Waals surface area contributed by atoms with Crippen molar-refractivity contribution in [2.45, 2.75) is 38.9 Å². The molecular weight excluding hydrogens is 277 g/mol. The number of benzene rings is 1. The smallest absolute Gasteiger partial charge is 0.399 e. The molecule has 0 amide bonds. The van der Waals surface area contributed by atoms with Crippen LogP contribution in [0.15, 0.2) is 47.3 Å². The number of rotatable bonds is 2. The van der Waals surface area contributed by atoms with E-state index in [2.05, 4.69) is 4.98 Å². The van der Waals surface area contributed by atoms with E-state index < -0.39 is 7.12 Å². The molecule has 1 saturated heterocycles. The van der Waals surface area contributed by atoms with Crippen molar-refractivity contribution in [1.82, 2.24) is 4.98 Å². The SMILES string of the molecule is CC1(C)OB(c2cccc(-c3cccc(=O)[nH]3)c2)OC1(C)C. The van der Waals surface area contributed by atoms with Crippen molar-refractivity contribution in [2.24, 2.45) is 0 Å². The largest absolute Gasteiger partial charge is 0.494 e. The molecule has 22 heavy (non-hydrogen) atoms. The topological polar surface area (TPSA) is 51.3 Å². The van der Waals surface area contributed by atoms with Crippen LogP contribution in [-0.2, 0) is 9.31 Å². The van der Waals surface area contributed by atoms with Crippen LogP contribution in [0.5, 0.6) is 0 Å². The molecule has 1 N–H and O–H groups in total. The highest BCUT2D eigenvalue weighted by Gasteiger charge is 2.51. The monoisotopic (exact) mass is 297 g/mol. The fourth-order valence-corrected chi connectivity index (χ4v) is 2.45. The molecule has 2 heterocycles. The lowest BCUT2D eigenvalue weighted by Gasteiger charge is -2.32. The Morgan fingerprint density at radius 1 is 0.955 bits per heavy atom. The normalized spacial score (nSPS) is 19.4. The van der Waals surface area contributed by atoms with Gasteiger partial charge >= 0.3 is 7.12 Å². The first-order valence-electron chi connectivity index (χ1n) is 7.44. The number of aromatic nitrogens is 1. The van der Waals surface area contributed by atoms with E-state index in [4.69, 9.17) is 9.31 Å². The molecule has 0 radical (unpaired) electrons. The fourth-order valence-electron chi connectivity index (χ4n) is 2.45. The minimum atomic E-state index is -0.402. The van der Waals surface area contributed by atoms with Crippen molar-refractivity contribution in [3.8, 4) is 11.3 Å². The zero-order chi connectivity index (χ0) is 16.0. The first kappa shape index (κ1) is 15.1. The minimum absolute atomic E-state index is 0.112. The number of aromatic amines is 1. The number of hydrogen-bond acceptors (Lipinski definition) is 3. The summed E-state index contributed by atoms with van der Waals surface area (Å²) in [7, 11) is -0.402. The van der Waals surface area contributed by atoms with E-state index >= 15 is 0 Å². The standard InChI is InChI=1S/C17H20BNO3/c1-16(2)17(3,4)22-18(21-16)13-8-5-7-12(11-13)14-9-6-10-15(20)19-14/h5-11H,1-4H3,(H,19,20). The highest BCUT2D eigenvalue weighted by Crippen LogP contribution is 2.36.